The second-order valence-corrected chi connectivity index (χ2v) is 8.77. The number of ether oxygens (including phenoxy) is 2. The molecule has 1 heterocycles. The summed E-state index contributed by atoms with van der Waals surface area (Å²) in [7, 11) is 1.41. The zero-order valence-corrected chi connectivity index (χ0v) is 21.5. The minimum absolute atomic E-state index is 0.0123. The van der Waals surface area contributed by atoms with Gasteiger partial charge in [-0.1, -0.05) is 48.0 Å². The van der Waals surface area contributed by atoms with Crippen molar-refractivity contribution in [2.75, 3.05) is 23.9 Å². The third-order valence-electron chi connectivity index (χ3n) is 5.45. The van der Waals surface area contributed by atoms with Crippen molar-refractivity contribution in [3.8, 4) is 11.5 Å². The molecule has 3 aromatic carbocycles. The fourth-order valence-electron chi connectivity index (χ4n) is 3.64. The molecule has 0 aromatic heterocycles. The first-order chi connectivity index (χ1) is 17.8. The highest BCUT2D eigenvalue weighted by molar-refractivity contribution is 7.80. The van der Waals surface area contributed by atoms with Crippen LogP contribution in [0.1, 0.15) is 11.1 Å². The zero-order valence-electron chi connectivity index (χ0n) is 19.9. The Bertz CT molecular complexity index is 1420. The van der Waals surface area contributed by atoms with Gasteiger partial charge in [-0.25, -0.2) is 0 Å². The maximum Gasteiger partial charge on any atom is 0.270 e. The highest BCUT2D eigenvalue weighted by Gasteiger charge is 2.34. The number of hydrogen-bond acceptors (Lipinski definition) is 6. The number of anilines is 2. The summed E-state index contributed by atoms with van der Waals surface area (Å²) in [4.78, 5) is 39.4. The molecule has 0 aliphatic carbocycles. The van der Waals surface area contributed by atoms with Gasteiger partial charge in [-0.05, 0) is 66.7 Å². The van der Waals surface area contributed by atoms with E-state index in [0.29, 0.717) is 16.9 Å². The Balaban J connectivity index is 1.56. The van der Waals surface area contributed by atoms with Crippen LogP contribution in [0.4, 0.5) is 11.4 Å². The minimum Gasteiger partial charge on any atom is -0.493 e. The standard InChI is InChI=1S/C27H22ClN3O5S/c1-16-8-6-7-11-21(16)29-23(32)15-36-24-20(28)13-17(14-22(24)35-2)12-19-25(33)30-27(37)31(26(19)34)18-9-4-3-5-10-18/h3-14H,15H2,1-2H3,(H,29,32)(H,30,33,37)/b19-12-. The molecule has 2 N–H and O–H groups in total. The number of halogens is 1. The Labute approximate surface area is 223 Å². The summed E-state index contributed by atoms with van der Waals surface area (Å²) < 4.78 is 11.0. The molecular weight excluding hydrogens is 514 g/mol. The molecule has 0 unspecified atom stereocenters. The quantitative estimate of drug-likeness (QED) is 0.262. The minimum atomic E-state index is -0.634. The third-order valence-corrected chi connectivity index (χ3v) is 6.01. The largest absolute Gasteiger partial charge is 0.493 e. The van der Waals surface area contributed by atoms with Crippen LogP contribution in [-0.2, 0) is 14.4 Å². The van der Waals surface area contributed by atoms with Crippen LogP contribution in [-0.4, -0.2) is 36.6 Å². The van der Waals surface area contributed by atoms with Crippen molar-refractivity contribution in [2.24, 2.45) is 0 Å². The van der Waals surface area contributed by atoms with E-state index in [1.807, 2.05) is 25.1 Å². The average Bonchev–Trinajstić information content (AvgIpc) is 2.87. The number of methoxy groups -OCH3 is 1. The molecule has 8 nitrogen and oxygen atoms in total. The van der Waals surface area contributed by atoms with Crippen LogP contribution in [0.3, 0.4) is 0 Å². The number of hydrogen-bond donors (Lipinski definition) is 2. The van der Waals surface area contributed by atoms with Crippen LogP contribution in [0.15, 0.2) is 72.3 Å². The van der Waals surface area contributed by atoms with E-state index in [0.717, 1.165) is 5.56 Å². The average molecular weight is 536 g/mol. The molecule has 0 bridgehead atoms. The van der Waals surface area contributed by atoms with E-state index in [1.165, 1.54) is 24.2 Å². The number of aryl methyl sites for hydroxylation is 1. The molecule has 3 amide bonds. The van der Waals surface area contributed by atoms with Gasteiger partial charge in [-0.15, -0.1) is 0 Å². The maximum absolute atomic E-state index is 13.2. The number of rotatable bonds is 7. The van der Waals surface area contributed by atoms with Crippen molar-refractivity contribution in [3.63, 3.8) is 0 Å². The van der Waals surface area contributed by atoms with Crippen molar-refractivity contribution in [2.45, 2.75) is 6.92 Å². The van der Waals surface area contributed by atoms with E-state index in [1.54, 1.807) is 42.5 Å². The molecule has 3 aromatic rings. The van der Waals surface area contributed by atoms with Crippen LogP contribution in [0, 0.1) is 6.92 Å². The highest BCUT2D eigenvalue weighted by Crippen LogP contribution is 2.37. The first kappa shape index (κ1) is 25.9. The lowest BCUT2D eigenvalue weighted by atomic mass is 10.1. The van der Waals surface area contributed by atoms with Gasteiger partial charge in [0, 0.05) is 5.69 Å². The fourth-order valence-corrected chi connectivity index (χ4v) is 4.19. The van der Waals surface area contributed by atoms with E-state index in [4.69, 9.17) is 33.3 Å². The van der Waals surface area contributed by atoms with Crippen molar-refractivity contribution in [3.05, 3.63) is 88.5 Å². The molecule has 1 aliphatic heterocycles. The van der Waals surface area contributed by atoms with Gasteiger partial charge in [0.25, 0.3) is 17.7 Å². The molecular formula is C27H22ClN3O5S. The lowest BCUT2D eigenvalue weighted by Gasteiger charge is -2.28. The Morgan fingerprint density at radius 2 is 1.81 bits per heavy atom. The predicted octanol–water partition coefficient (Wildman–Crippen LogP) is 4.51. The molecule has 37 heavy (non-hydrogen) atoms. The number of nitrogens with one attached hydrogen (secondary N) is 2. The van der Waals surface area contributed by atoms with E-state index in [2.05, 4.69) is 10.6 Å². The number of amides is 3. The summed E-state index contributed by atoms with van der Waals surface area (Å²) in [6.45, 7) is 1.57. The first-order valence-corrected chi connectivity index (χ1v) is 11.9. The van der Waals surface area contributed by atoms with E-state index in [9.17, 15) is 14.4 Å². The molecule has 1 fully saturated rings. The number of nitrogens with zero attached hydrogens (tertiary/aromatic N) is 1. The molecule has 0 spiro atoms. The number of benzene rings is 3. The van der Waals surface area contributed by atoms with Crippen molar-refractivity contribution in [1.82, 2.24) is 5.32 Å². The Morgan fingerprint density at radius 1 is 1.11 bits per heavy atom. The first-order valence-electron chi connectivity index (χ1n) is 11.1. The highest BCUT2D eigenvalue weighted by atomic mass is 35.5. The second-order valence-electron chi connectivity index (χ2n) is 7.98. The van der Waals surface area contributed by atoms with Crippen LogP contribution >= 0.6 is 23.8 Å². The van der Waals surface area contributed by atoms with Gasteiger partial charge in [0.2, 0.25) is 0 Å². The van der Waals surface area contributed by atoms with Crippen LogP contribution < -0.4 is 25.0 Å². The third kappa shape index (κ3) is 5.79. The summed E-state index contributed by atoms with van der Waals surface area (Å²) in [5, 5.41) is 5.44. The maximum atomic E-state index is 13.2. The van der Waals surface area contributed by atoms with E-state index >= 15 is 0 Å². The number of para-hydroxylation sites is 2. The van der Waals surface area contributed by atoms with Gasteiger partial charge in [-0.3, -0.25) is 24.6 Å². The summed E-state index contributed by atoms with van der Waals surface area (Å²) in [5.74, 6) is -1.21. The predicted molar refractivity (Wildman–Crippen MR) is 146 cm³/mol. The van der Waals surface area contributed by atoms with Crippen molar-refractivity contribution >= 4 is 64.1 Å². The molecule has 1 saturated heterocycles. The summed E-state index contributed by atoms with van der Waals surface area (Å²) in [5.41, 5.74) is 2.39. The second kappa shape index (κ2) is 11.2. The Hall–Kier alpha value is -4.21. The lowest BCUT2D eigenvalue weighted by Crippen LogP contribution is -2.54. The van der Waals surface area contributed by atoms with Crippen LogP contribution in [0.2, 0.25) is 5.02 Å². The smallest absolute Gasteiger partial charge is 0.270 e. The molecule has 4 rings (SSSR count). The molecule has 0 atom stereocenters. The monoisotopic (exact) mass is 535 g/mol. The van der Waals surface area contributed by atoms with Gasteiger partial charge < -0.3 is 14.8 Å². The lowest BCUT2D eigenvalue weighted by molar-refractivity contribution is -0.122. The van der Waals surface area contributed by atoms with Gasteiger partial charge in [0.1, 0.15) is 5.57 Å². The fraction of sp³-hybridized carbons (Fsp3) is 0.111. The zero-order chi connectivity index (χ0) is 26.5. The van der Waals surface area contributed by atoms with Crippen molar-refractivity contribution in [1.29, 1.82) is 0 Å². The van der Waals surface area contributed by atoms with Gasteiger partial charge in [0.15, 0.2) is 23.2 Å². The normalized spacial score (nSPS) is 14.4. The summed E-state index contributed by atoms with van der Waals surface area (Å²) >= 11 is 11.6. The molecule has 0 radical (unpaired) electrons. The topological polar surface area (TPSA) is 97.0 Å². The summed E-state index contributed by atoms with van der Waals surface area (Å²) in [6, 6.07) is 19.2. The van der Waals surface area contributed by atoms with Gasteiger partial charge in [-0.2, -0.15) is 0 Å². The van der Waals surface area contributed by atoms with Crippen LogP contribution in [0.5, 0.6) is 11.5 Å². The SMILES string of the molecule is COc1cc(/C=C2/C(=O)NC(=S)N(c3ccccc3)C2=O)cc(Cl)c1OCC(=O)Nc1ccccc1C. The Morgan fingerprint density at radius 3 is 2.51 bits per heavy atom. The number of carbonyl (C=O) groups excluding carboxylic acids is 3. The molecule has 1 aliphatic rings. The van der Waals surface area contributed by atoms with E-state index in [-0.39, 0.29) is 39.7 Å². The number of carbonyl (C=O) groups is 3. The molecule has 188 valence electrons. The van der Waals surface area contributed by atoms with Gasteiger partial charge >= 0.3 is 0 Å². The summed E-state index contributed by atoms with van der Waals surface area (Å²) in [6.07, 6.45) is 1.39. The Kier molecular flexibility index (Phi) is 7.86. The van der Waals surface area contributed by atoms with Crippen LogP contribution in [0.25, 0.3) is 6.08 Å². The molecule has 0 saturated carbocycles. The number of thiocarbonyl (C=S) groups is 1. The van der Waals surface area contributed by atoms with Crippen molar-refractivity contribution < 1.29 is 23.9 Å². The molecule has 10 heteroatoms. The van der Waals surface area contributed by atoms with Gasteiger partial charge in [0.05, 0.1) is 17.8 Å². The van der Waals surface area contributed by atoms with E-state index < -0.39 is 11.8 Å².